The maximum atomic E-state index is 13.5. The number of benzene rings is 3. The van der Waals surface area contributed by atoms with Crippen LogP contribution in [0.15, 0.2) is 69.9 Å². The molecule has 3 aromatic carbocycles. The summed E-state index contributed by atoms with van der Waals surface area (Å²) in [5.41, 5.74) is 4.09. The molecule has 4 rings (SSSR count). The number of hydrogen-bond acceptors (Lipinski definition) is 5. The van der Waals surface area contributed by atoms with Crippen LogP contribution in [0.2, 0.25) is 0 Å². The largest absolute Gasteiger partial charge is 0.497 e. The lowest BCUT2D eigenvalue weighted by atomic mass is 9.86. The van der Waals surface area contributed by atoms with Crippen molar-refractivity contribution in [2.75, 3.05) is 7.11 Å². The van der Waals surface area contributed by atoms with Gasteiger partial charge in [0.2, 0.25) is 11.2 Å². The van der Waals surface area contributed by atoms with Gasteiger partial charge in [-0.1, -0.05) is 45.0 Å². The molecule has 0 bridgehead atoms. The third kappa shape index (κ3) is 4.46. The molecule has 0 atom stereocenters. The van der Waals surface area contributed by atoms with E-state index in [4.69, 9.17) is 13.9 Å². The highest BCUT2D eigenvalue weighted by molar-refractivity contribution is 5.93. The molecule has 0 N–H and O–H groups in total. The van der Waals surface area contributed by atoms with E-state index in [1.165, 1.54) is 0 Å². The molecule has 4 aromatic rings. The van der Waals surface area contributed by atoms with Gasteiger partial charge in [0.15, 0.2) is 5.76 Å². The summed E-state index contributed by atoms with van der Waals surface area (Å²) in [6.07, 6.45) is 0. The third-order valence-corrected chi connectivity index (χ3v) is 6.00. The molecule has 0 spiro atoms. The first-order valence-corrected chi connectivity index (χ1v) is 11.1. The minimum atomic E-state index is -0.648. The Morgan fingerprint density at radius 1 is 0.882 bits per heavy atom. The van der Waals surface area contributed by atoms with Crippen molar-refractivity contribution in [1.29, 1.82) is 0 Å². The fraction of sp³-hybridized carbons (Fsp3) is 0.241. The summed E-state index contributed by atoms with van der Waals surface area (Å²) >= 11 is 0. The van der Waals surface area contributed by atoms with E-state index in [1.807, 2.05) is 44.2 Å². The van der Waals surface area contributed by atoms with Crippen LogP contribution in [0.4, 0.5) is 0 Å². The van der Waals surface area contributed by atoms with Crippen molar-refractivity contribution in [2.24, 2.45) is 0 Å². The Labute approximate surface area is 199 Å². The minimum Gasteiger partial charge on any atom is -0.497 e. The molecular formula is C29H28O5. The summed E-state index contributed by atoms with van der Waals surface area (Å²) in [7, 11) is 1.55. The fourth-order valence-electron chi connectivity index (χ4n) is 3.72. The molecule has 0 fully saturated rings. The zero-order chi connectivity index (χ0) is 24.6. The Bertz CT molecular complexity index is 1420. The Balaban J connectivity index is 1.87. The van der Waals surface area contributed by atoms with Crippen LogP contribution in [-0.2, 0) is 5.41 Å². The number of aryl methyl sites for hydroxylation is 2. The van der Waals surface area contributed by atoms with Gasteiger partial charge in [0.25, 0.3) is 0 Å². The minimum absolute atomic E-state index is 0.0267. The zero-order valence-electron chi connectivity index (χ0n) is 20.3. The van der Waals surface area contributed by atoms with Gasteiger partial charge in [-0.25, -0.2) is 4.79 Å². The zero-order valence-corrected chi connectivity index (χ0v) is 20.3. The van der Waals surface area contributed by atoms with Crippen LogP contribution in [0.5, 0.6) is 11.5 Å². The topological polar surface area (TPSA) is 65.7 Å². The molecule has 1 heterocycles. The molecule has 0 amide bonds. The number of rotatable bonds is 4. The first kappa shape index (κ1) is 23.3. The van der Waals surface area contributed by atoms with Gasteiger partial charge in [0.05, 0.1) is 18.1 Å². The van der Waals surface area contributed by atoms with E-state index in [9.17, 15) is 9.59 Å². The van der Waals surface area contributed by atoms with Crippen molar-refractivity contribution in [3.8, 4) is 22.8 Å². The van der Waals surface area contributed by atoms with E-state index in [0.717, 1.165) is 16.7 Å². The first-order valence-electron chi connectivity index (χ1n) is 11.1. The second-order valence-corrected chi connectivity index (χ2v) is 9.47. The van der Waals surface area contributed by atoms with E-state index < -0.39 is 5.97 Å². The predicted octanol–water partition coefficient (Wildman–Crippen LogP) is 6.60. The molecule has 5 nitrogen and oxygen atoms in total. The van der Waals surface area contributed by atoms with Crippen LogP contribution < -0.4 is 14.9 Å². The standard InChI is InChI=1S/C29H28O5/c1-17-15-23-24(16-18(17)2)33-26(19-7-11-21(12-8-19)29(3,4)5)27(25(23)30)34-28(31)20-9-13-22(32-6)14-10-20/h7-16H,1-6H3. The Hall–Kier alpha value is -3.86. The smallest absolute Gasteiger partial charge is 0.343 e. The molecule has 0 aliphatic rings. The number of hydrogen-bond donors (Lipinski definition) is 0. The molecule has 0 saturated heterocycles. The molecule has 0 aliphatic heterocycles. The Morgan fingerprint density at radius 2 is 1.50 bits per heavy atom. The van der Waals surface area contributed by atoms with Gasteiger partial charge >= 0.3 is 5.97 Å². The van der Waals surface area contributed by atoms with Gasteiger partial charge in [0, 0.05) is 5.56 Å². The number of methoxy groups -OCH3 is 1. The molecule has 0 aliphatic carbocycles. The normalized spacial score (nSPS) is 11.5. The van der Waals surface area contributed by atoms with Crippen LogP contribution in [0.3, 0.4) is 0 Å². The average molecular weight is 457 g/mol. The van der Waals surface area contributed by atoms with E-state index in [-0.39, 0.29) is 22.4 Å². The maximum absolute atomic E-state index is 13.5. The maximum Gasteiger partial charge on any atom is 0.343 e. The second-order valence-electron chi connectivity index (χ2n) is 9.47. The van der Waals surface area contributed by atoms with Crippen LogP contribution in [0, 0.1) is 13.8 Å². The summed E-state index contributed by atoms with van der Waals surface area (Å²) < 4.78 is 17.0. The predicted molar refractivity (Wildman–Crippen MR) is 134 cm³/mol. The van der Waals surface area contributed by atoms with Gasteiger partial charge in [-0.15, -0.1) is 0 Å². The van der Waals surface area contributed by atoms with Gasteiger partial charge in [-0.2, -0.15) is 0 Å². The molecular weight excluding hydrogens is 428 g/mol. The highest BCUT2D eigenvalue weighted by atomic mass is 16.5. The molecule has 0 saturated carbocycles. The summed E-state index contributed by atoms with van der Waals surface area (Å²) in [6.45, 7) is 10.3. The van der Waals surface area contributed by atoms with Crippen LogP contribution in [0.25, 0.3) is 22.3 Å². The van der Waals surface area contributed by atoms with Crippen molar-refractivity contribution in [2.45, 2.75) is 40.0 Å². The highest BCUT2D eigenvalue weighted by Crippen LogP contribution is 2.34. The van der Waals surface area contributed by atoms with Crippen molar-refractivity contribution in [3.05, 3.63) is 93.1 Å². The number of carbonyl (C=O) groups excluding carboxylic acids is 1. The van der Waals surface area contributed by atoms with Gasteiger partial charge in [0.1, 0.15) is 11.3 Å². The molecule has 34 heavy (non-hydrogen) atoms. The second kappa shape index (κ2) is 8.82. The van der Waals surface area contributed by atoms with Gasteiger partial charge in [-0.3, -0.25) is 4.79 Å². The fourth-order valence-corrected chi connectivity index (χ4v) is 3.72. The number of ether oxygens (including phenoxy) is 2. The Kier molecular flexibility index (Phi) is 6.05. The number of carbonyl (C=O) groups is 1. The SMILES string of the molecule is COc1ccc(C(=O)Oc2c(-c3ccc(C(C)(C)C)cc3)oc3cc(C)c(C)cc3c2=O)cc1. The van der Waals surface area contributed by atoms with Crippen LogP contribution in [0.1, 0.15) is 47.8 Å². The summed E-state index contributed by atoms with van der Waals surface area (Å²) in [6, 6.07) is 17.9. The van der Waals surface area contributed by atoms with E-state index in [1.54, 1.807) is 37.4 Å². The number of fused-ring (bicyclic) bond motifs is 1. The van der Waals surface area contributed by atoms with Crippen LogP contribution in [-0.4, -0.2) is 13.1 Å². The molecule has 5 heteroatoms. The molecule has 0 unspecified atom stereocenters. The van der Waals surface area contributed by atoms with E-state index >= 15 is 0 Å². The van der Waals surface area contributed by atoms with Gasteiger partial charge < -0.3 is 13.9 Å². The first-order chi connectivity index (χ1) is 16.1. The van der Waals surface area contributed by atoms with Crippen molar-refractivity contribution in [3.63, 3.8) is 0 Å². The Morgan fingerprint density at radius 3 is 2.09 bits per heavy atom. The monoisotopic (exact) mass is 456 g/mol. The van der Waals surface area contributed by atoms with E-state index in [2.05, 4.69) is 20.8 Å². The molecule has 1 aromatic heterocycles. The van der Waals surface area contributed by atoms with Crippen molar-refractivity contribution < 1.29 is 18.7 Å². The quantitative estimate of drug-likeness (QED) is 0.324. The number of esters is 1. The van der Waals surface area contributed by atoms with E-state index in [0.29, 0.717) is 27.8 Å². The third-order valence-electron chi connectivity index (χ3n) is 6.00. The highest BCUT2D eigenvalue weighted by Gasteiger charge is 2.23. The van der Waals surface area contributed by atoms with Gasteiger partial charge in [-0.05, 0) is 72.4 Å². The summed E-state index contributed by atoms with van der Waals surface area (Å²) in [4.78, 5) is 26.5. The van der Waals surface area contributed by atoms with Crippen molar-refractivity contribution in [1.82, 2.24) is 0 Å². The van der Waals surface area contributed by atoms with Crippen LogP contribution >= 0.6 is 0 Å². The van der Waals surface area contributed by atoms with Crippen molar-refractivity contribution >= 4 is 16.9 Å². The molecule has 0 radical (unpaired) electrons. The summed E-state index contributed by atoms with van der Waals surface area (Å²) in [5.74, 6) is 0.0705. The lowest BCUT2D eigenvalue weighted by Crippen LogP contribution is -2.16. The average Bonchev–Trinajstić information content (AvgIpc) is 2.81. The lowest BCUT2D eigenvalue weighted by Gasteiger charge is -2.19. The lowest BCUT2D eigenvalue weighted by molar-refractivity contribution is 0.0731. The molecule has 174 valence electrons. The summed E-state index contributed by atoms with van der Waals surface area (Å²) in [5, 5.41) is 0.371.